The predicted octanol–water partition coefficient (Wildman–Crippen LogP) is 3.64. The number of carbonyl (C=O) groups is 1. The van der Waals surface area contributed by atoms with Gasteiger partial charge >= 0.3 is 0 Å². The van der Waals surface area contributed by atoms with Gasteiger partial charge in [-0.1, -0.05) is 17.7 Å². The summed E-state index contributed by atoms with van der Waals surface area (Å²) >= 11 is 6.01. The maximum atomic E-state index is 13.1. The maximum Gasteiger partial charge on any atom is 0.246 e. The van der Waals surface area contributed by atoms with Crippen LogP contribution in [-0.4, -0.2) is 53.0 Å². The van der Waals surface area contributed by atoms with E-state index in [1.54, 1.807) is 26.4 Å². The molecule has 1 aliphatic heterocycles. The summed E-state index contributed by atoms with van der Waals surface area (Å²) in [5, 5.41) is 3.34. The van der Waals surface area contributed by atoms with Gasteiger partial charge in [-0.2, -0.15) is 4.31 Å². The highest BCUT2D eigenvalue weighted by atomic mass is 35.5. The molecule has 0 bridgehead atoms. The second-order valence-corrected chi connectivity index (χ2v) is 10.2. The Bertz CT molecular complexity index is 1100. The van der Waals surface area contributed by atoms with Gasteiger partial charge in [-0.3, -0.25) is 4.79 Å². The summed E-state index contributed by atoms with van der Waals surface area (Å²) in [6.07, 6.45) is 0.846. The molecule has 1 fully saturated rings. The zero-order valence-corrected chi connectivity index (χ0v) is 20.7. The van der Waals surface area contributed by atoms with E-state index in [0.717, 1.165) is 5.56 Å². The van der Waals surface area contributed by atoms with E-state index in [4.69, 9.17) is 25.8 Å². The lowest BCUT2D eigenvalue weighted by Crippen LogP contribution is -2.43. The normalized spacial score (nSPS) is 16.2. The SMILES string of the molecule is COc1ccc([C@H](C)NC(=O)C2CCN(S(=O)(=O)c3cc(Cl)ccc3OC)CC2)cc1OC. The fourth-order valence-electron chi connectivity index (χ4n) is 3.89. The highest BCUT2D eigenvalue weighted by molar-refractivity contribution is 7.89. The van der Waals surface area contributed by atoms with Crippen LogP contribution in [0.3, 0.4) is 0 Å². The molecule has 0 saturated carbocycles. The number of nitrogens with zero attached hydrogens (tertiary/aromatic N) is 1. The van der Waals surface area contributed by atoms with Crippen molar-refractivity contribution in [2.75, 3.05) is 34.4 Å². The van der Waals surface area contributed by atoms with E-state index in [1.807, 2.05) is 19.1 Å². The molecule has 0 unspecified atom stereocenters. The van der Waals surface area contributed by atoms with Crippen molar-refractivity contribution in [3.8, 4) is 17.2 Å². The van der Waals surface area contributed by atoms with Crippen LogP contribution in [0.5, 0.6) is 17.2 Å². The van der Waals surface area contributed by atoms with Gasteiger partial charge in [0.1, 0.15) is 10.6 Å². The van der Waals surface area contributed by atoms with Crippen molar-refractivity contribution in [2.24, 2.45) is 5.92 Å². The first kappa shape index (κ1) is 25.1. The zero-order chi connectivity index (χ0) is 24.2. The number of benzene rings is 2. The van der Waals surface area contributed by atoms with Crippen molar-refractivity contribution in [1.82, 2.24) is 9.62 Å². The molecule has 8 nitrogen and oxygen atoms in total. The predicted molar refractivity (Wildman–Crippen MR) is 126 cm³/mol. The fraction of sp³-hybridized carbons (Fsp3) is 0.435. The first-order valence-corrected chi connectivity index (χ1v) is 12.4. The van der Waals surface area contributed by atoms with Gasteiger partial charge in [-0.15, -0.1) is 0 Å². The maximum absolute atomic E-state index is 13.1. The van der Waals surface area contributed by atoms with E-state index in [9.17, 15) is 13.2 Å². The quantitative estimate of drug-likeness (QED) is 0.599. The van der Waals surface area contributed by atoms with Crippen molar-refractivity contribution in [3.63, 3.8) is 0 Å². The first-order chi connectivity index (χ1) is 15.7. The van der Waals surface area contributed by atoms with E-state index in [-0.39, 0.29) is 41.6 Å². The van der Waals surface area contributed by atoms with Gasteiger partial charge < -0.3 is 19.5 Å². The summed E-state index contributed by atoms with van der Waals surface area (Å²) in [6, 6.07) is 9.76. The van der Waals surface area contributed by atoms with Gasteiger partial charge in [0.15, 0.2) is 11.5 Å². The molecule has 180 valence electrons. The topological polar surface area (TPSA) is 94.2 Å². The van der Waals surface area contributed by atoms with E-state index in [0.29, 0.717) is 29.4 Å². The third kappa shape index (κ3) is 5.54. The average Bonchev–Trinajstić information content (AvgIpc) is 2.83. The van der Waals surface area contributed by atoms with Crippen LogP contribution in [0.25, 0.3) is 0 Å². The Morgan fingerprint density at radius 3 is 2.21 bits per heavy atom. The number of hydrogen-bond acceptors (Lipinski definition) is 6. The molecule has 0 radical (unpaired) electrons. The Morgan fingerprint density at radius 1 is 1.00 bits per heavy atom. The van der Waals surface area contributed by atoms with Crippen LogP contribution in [-0.2, 0) is 14.8 Å². The number of sulfonamides is 1. The highest BCUT2D eigenvalue weighted by Crippen LogP contribution is 2.33. The molecule has 1 atom stereocenters. The molecule has 1 aliphatic rings. The minimum atomic E-state index is -3.79. The lowest BCUT2D eigenvalue weighted by Gasteiger charge is -2.31. The van der Waals surface area contributed by atoms with Crippen molar-refractivity contribution in [3.05, 3.63) is 47.0 Å². The molecular weight excluding hydrogens is 468 g/mol. The van der Waals surface area contributed by atoms with E-state index < -0.39 is 10.0 Å². The Morgan fingerprint density at radius 2 is 1.61 bits per heavy atom. The molecule has 1 saturated heterocycles. The number of rotatable bonds is 8. The molecule has 1 heterocycles. The van der Waals surface area contributed by atoms with Crippen LogP contribution in [0.2, 0.25) is 5.02 Å². The standard InChI is InChI=1S/C23H29ClN2O6S/c1-15(17-5-7-19(30-2)21(13-17)32-4)25-23(27)16-9-11-26(12-10-16)33(28,29)22-14-18(24)6-8-20(22)31-3/h5-8,13-16H,9-12H2,1-4H3,(H,25,27)/t15-/m0/s1. The van der Waals surface area contributed by atoms with Crippen LogP contribution in [0.15, 0.2) is 41.3 Å². The molecule has 0 spiro atoms. The Balaban J connectivity index is 1.64. The Labute approximate surface area is 199 Å². The third-order valence-corrected chi connectivity index (χ3v) is 7.99. The fourth-order valence-corrected chi connectivity index (χ4v) is 5.77. The minimum Gasteiger partial charge on any atom is -0.495 e. The molecule has 10 heteroatoms. The number of carbonyl (C=O) groups excluding carboxylic acids is 1. The van der Waals surface area contributed by atoms with E-state index >= 15 is 0 Å². The van der Waals surface area contributed by atoms with E-state index in [1.165, 1.54) is 23.5 Å². The summed E-state index contributed by atoms with van der Waals surface area (Å²) in [5.41, 5.74) is 0.883. The number of amides is 1. The van der Waals surface area contributed by atoms with Crippen LogP contribution < -0.4 is 19.5 Å². The van der Waals surface area contributed by atoms with E-state index in [2.05, 4.69) is 5.32 Å². The molecule has 2 aromatic carbocycles. The average molecular weight is 497 g/mol. The van der Waals surface area contributed by atoms with Gasteiger partial charge in [0.2, 0.25) is 15.9 Å². The van der Waals surface area contributed by atoms with Crippen molar-refractivity contribution in [1.29, 1.82) is 0 Å². The lowest BCUT2D eigenvalue weighted by molar-refractivity contribution is -0.126. The smallest absolute Gasteiger partial charge is 0.246 e. The Hall–Kier alpha value is -2.49. The second kappa shape index (κ2) is 10.6. The number of ether oxygens (including phenoxy) is 3. The number of hydrogen-bond donors (Lipinski definition) is 1. The molecule has 2 aromatic rings. The number of methoxy groups -OCH3 is 3. The highest BCUT2D eigenvalue weighted by Gasteiger charge is 2.34. The van der Waals surface area contributed by atoms with Gasteiger partial charge in [0.25, 0.3) is 0 Å². The molecular formula is C23H29ClN2O6S. The number of halogens is 1. The molecule has 0 aliphatic carbocycles. The van der Waals surface area contributed by atoms with Crippen molar-refractivity contribution < 1.29 is 27.4 Å². The largest absolute Gasteiger partial charge is 0.495 e. The number of nitrogens with one attached hydrogen (secondary N) is 1. The molecule has 0 aromatic heterocycles. The second-order valence-electron chi connectivity index (χ2n) is 7.82. The van der Waals surface area contributed by atoms with Crippen LogP contribution in [0.4, 0.5) is 0 Å². The van der Waals surface area contributed by atoms with Gasteiger partial charge in [0.05, 0.1) is 27.4 Å². The number of piperidine rings is 1. The Kier molecular flexibility index (Phi) is 8.10. The molecule has 3 rings (SSSR count). The first-order valence-electron chi connectivity index (χ1n) is 10.6. The van der Waals surface area contributed by atoms with Gasteiger partial charge in [0, 0.05) is 24.0 Å². The van der Waals surface area contributed by atoms with Crippen LogP contribution in [0.1, 0.15) is 31.4 Å². The molecule has 1 N–H and O–H groups in total. The zero-order valence-electron chi connectivity index (χ0n) is 19.1. The monoisotopic (exact) mass is 496 g/mol. The third-order valence-electron chi connectivity index (χ3n) is 5.83. The minimum absolute atomic E-state index is 0.0301. The van der Waals surface area contributed by atoms with Crippen LogP contribution >= 0.6 is 11.6 Å². The summed E-state index contributed by atoms with van der Waals surface area (Å²) in [5.74, 6) is 1.06. The van der Waals surface area contributed by atoms with Gasteiger partial charge in [-0.25, -0.2) is 8.42 Å². The van der Waals surface area contributed by atoms with Crippen molar-refractivity contribution >= 4 is 27.5 Å². The van der Waals surface area contributed by atoms with Gasteiger partial charge in [-0.05, 0) is 55.7 Å². The summed E-state index contributed by atoms with van der Waals surface area (Å²) in [6.45, 7) is 2.37. The summed E-state index contributed by atoms with van der Waals surface area (Å²) in [4.78, 5) is 12.9. The summed E-state index contributed by atoms with van der Waals surface area (Å²) in [7, 11) is 0.753. The molecule has 33 heavy (non-hydrogen) atoms. The lowest BCUT2D eigenvalue weighted by atomic mass is 9.96. The van der Waals surface area contributed by atoms with Crippen LogP contribution in [0, 0.1) is 5.92 Å². The summed E-state index contributed by atoms with van der Waals surface area (Å²) < 4.78 is 43.4. The van der Waals surface area contributed by atoms with Crippen molar-refractivity contribution in [2.45, 2.75) is 30.7 Å². The molecule has 1 amide bonds.